The van der Waals surface area contributed by atoms with Crippen molar-refractivity contribution >= 4 is 34.8 Å². The quantitative estimate of drug-likeness (QED) is 0.390. The van der Waals surface area contributed by atoms with Crippen molar-refractivity contribution in [1.82, 2.24) is 0 Å². The maximum Gasteiger partial charge on any atom is 0.259 e. The number of amides is 2. The molecule has 0 unspecified atom stereocenters. The Kier molecular flexibility index (Phi) is 6.21. The van der Waals surface area contributed by atoms with Gasteiger partial charge in [0.1, 0.15) is 17.4 Å². The van der Waals surface area contributed by atoms with Gasteiger partial charge in [-0.05, 0) is 47.9 Å². The van der Waals surface area contributed by atoms with Gasteiger partial charge in [0.15, 0.2) is 12.2 Å². The Morgan fingerprint density at radius 2 is 2.00 bits per heavy atom. The number of aliphatic hydroxyl groups is 1. The third-order valence-electron chi connectivity index (χ3n) is 5.77. The summed E-state index contributed by atoms with van der Waals surface area (Å²) in [5.74, 6) is -2.66. The van der Waals surface area contributed by atoms with E-state index in [1.54, 1.807) is 12.1 Å². The number of nitrogens with two attached hydrogens (primary N) is 1. The highest BCUT2D eigenvalue weighted by Crippen LogP contribution is 2.27. The number of carbonyl (C=O) groups excluding carboxylic acids is 3. The lowest BCUT2D eigenvalue weighted by atomic mass is 9.90. The van der Waals surface area contributed by atoms with E-state index in [4.69, 9.17) is 15.9 Å². The van der Waals surface area contributed by atoms with E-state index < -0.39 is 35.7 Å². The van der Waals surface area contributed by atoms with Gasteiger partial charge in [0.2, 0.25) is 0 Å². The Morgan fingerprint density at radius 3 is 2.73 bits per heavy atom. The van der Waals surface area contributed by atoms with E-state index in [1.165, 1.54) is 17.0 Å². The topological polar surface area (TPSA) is 146 Å². The van der Waals surface area contributed by atoms with Crippen molar-refractivity contribution in [2.24, 2.45) is 5.73 Å². The van der Waals surface area contributed by atoms with Crippen molar-refractivity contribution in [3.05, 3.63) is 58.9 Å². The van der Waals surface area contributed by atoms with E-state index in [0.717, 1.165) is 17.2 Å². The number of aliphatic hydroxyl groups excluding tert-OH is 1. The molecule has 0 radical (unpaired) electrons. The smallest absolute Gasteiger partial charge is 0.259 e. The van der Waals surface area contributed by atoms with Crippen LogP contribution in [-0.2, 0) is 32.0 Å². The lowest BCUT2D eigenvalue weighted by molar-refractivity contribution is -0.150. The normalized spacial score (nSPS) is 19.1. The number of carbonyl (C=O) groups is 3. The highest BCUT2D eigenvalue weighted by molar-refractivity contribution is 6.04. The fourth-order valence-electron chi connectivity index (χ4n) is 4.02. The fraction of sp³-hybridized carbons (Fsp3) is 0.304. The Labute approximate surface area is 188 Å². The van der Waals surface area contributed by atoms with Gasteiger partial charge in [-0.2, -0.15) is 0 Å². The molecule has 0 saturated carbocycles. The van der Waals surface area contributed by atoms with Gasteiger partial charge >= 0.3 is 0 Å². The van der Waals surface area contributed by atoms with Crippen molar-refractivity contribution in [2.45, 2.75) is 31.5 Å². The number of nitrogen functional groups attached to an aromatic ring is 1. The summed E-state index contributed by atoms with van der Waals surface area (Å²) < 4.78 is 19.4. The molecule has 1 heterocycles. The minimum absolute atomic E-state index is 0.0287. The Balaban J connectivity index is 1.48. The molecule has 1 fully saturated rings. The lowest BCUT2D eigenvalue weighted by Crippen LogP contribution is -2.55. The predicted molar refractivity (Wildman–Crippen MR) is 118 cm³/mol. The van der Waals surface area contributed by atoms with Crippen molar-refractivity contribution in [1.29, 1.82) is 5.41 Å². The Bertz CT molecular complexity index is 1150. The van der Waals surface area contributed by atoms with Gasteiger partial charge in [-0.25, -0.2) is 4.39 Å². The molecule has 2 amide bonds. The summed E-state index contributed by atoms with van der Waals surface area (Å²) in [7, 11) is 0. The molecular weight excluding hydrogens is 431 g/mol. The summed E-state index contributed by atoms with van der Waals surface area (Å²) in [6, 6.07) is 8.97. The summed E-state index contributed by atoms with van der Waals surface area (Å²) >= 11 is 0. The van der Waals surface area contributed by atoms with Crippen molar-refractivity contribution in [2.75, 3.05) is 23.4 Å². The minimum atomic E-state index is -1.84. The number of aryl methyl sites for hydroxylation is 1. The van der Waals surface area contributed by atoms with Crippen LogP contribution in [0.2, 0.25) is 0 Å². The number of halogens is 1. The number of morpholine rings is 1. The van der Waals surface area contributed by atoms with Crippen LogP contribution in [0.1, 0.15) is 23.1 Å². The van der Waals surface area contributed by atoms with Crippen LogP contribution in [0.3, 0.4) is 0 Å². The number of amidine groups is 1. The van der Waals surface area contributed by atoms with Crippen LogP contribution in [0.4, 0.5) is 15.8 Å². The van der Waals surface area contributed by atoms with Crippen LogP contribution < -0.4 is 16.0 Å². The minimum Gasteiger partial charge on any atom is -0.384 e. The molecule has 5 N–H and O–H groups in total. The van der Waals surface area contributed by atoms with Crippen LogP contribution in [-0.4, -0.2) is 53.9 Å². The highest BCUT2D eigenvalue weighted by Gasteiger charge is 2.39. The summed E-state index contributed by atoms with van der Waals surface area (Å²) in [6.45, 7) is 0.326. The molecule has 1 aliphatic carbocycles. The van der Waals surface area contributed by atoms with Crippen LogP contribution in [0.15, 0.2) is 36.4 Å². The van der Waals surface area contributed by atoms with Crippen LogP contribution >= 0.6 is 0 Å². The van der Waals surface area contributed by atoms with E-state index >= 15 is 0 Å². The average molecular weight is 454 g/mol. The lowest BCUT2D eigenvalue weighted by Gasteiger charge is -2.34. The molecule has 2 aromatic rings. The zero-order valence-corrected chi connectivity index (χ0v) is 17.6. The molecular formula is C23H23FN4O5. The number of nitrogens with zero attached hydrogens (tertiary/aromatic N) is 1. The van der Waals surface area contributed by atoms with E-state index in [1.807, 2.05) is 6.07 Å². The summed E-state index contributed by atoms with van der Waals surface area (Å²) in [5, 5.41) is 20.1. The number of benzene rings is 2. The van der Waals surface area contributed by atoms with Crippen LogP contribution in [0.5, 0.6) is 0 Å². The molecule has 33 heavy (non-hydrogen) atoms. The third-order valence-corrected chi connectivity index (χ3v) is 5.77. The number of hydrogen-bond donors (Lipinski definition) is 4. The second-order valence-electron chi connectivity index (χ2n) is 7.99. The highest BCUT2D eigenvalue weighted by atomic mass is 19.1. The predicted octanol–water partition coefficient (Wildman–Crippen LogP) is 0.899. The number of anilines is 2. The molecule has 2 aliphatic rings. The van der Waals surface area contributed by atoms with E-state index in [9.17, 15) is 23.9 Å². The first-order valence-electron chi connectivity index (χ1n) is 10.4. The monoisotopic (exact) mass is 454 g/mol. The number of ether oxygens (including phenoxy) is 1. The molecule has 0 spiro atoms. The van der Waals surface area contributed by atoms with Gasteiger partial charge in [-0.3, -0.25) is 19.8 Å². The molecule has 1 saturated heterocycles. The largest absolute Gasteiger partial charge is 0.384 e. The van der Waals surface area contributed by atoms with Crippen molar-refractivity contribution in [3.8, 4) is 0 Å². The number of fused-ring (bicyclic) bond motifs is 1. The maximum atomic E-state index is 14.0. The van der Waals surface area contributed by atoms with Crippen molar-refractivity contribution in [3.63, 3.8) is 0 Å². The number of rotatable bonds is 5. The van der Waals surface area contributed by atoms with E-state index in [0.29, 0.717) is 24.9 Å². The van der Waals surface area contributed by atoms with E-state index in [-0.39, 0.29) is 30.2 Å². The van der Waals surface area contributed by atoms with Crippen molar-refractivity contribution < 1.29 is 28.6 Å². The molecule has 4 rings (SSSR count). The zero-order chi connectivity index (χ0) is 23.7. The third kappa shape index (κ3) is 4.62. The average Bonchev–Trinajstić information content (AvgIpc) is 2.78. The van der Waals surface area contributed by atoms with Gasteiger partial charge in [0.05, 0.1) is 12.2 Å². The van der Waals surface area contributed by atoms with Gasteiger partial charge < -0.3 is 25.8 Å². The number of ketones is 1. The molecule has 9 nitrogen and oxygen atoms in total. The first-order valence-corrected chi connectivity index (χ1v) is 10.4. The molecule has 0 bridgehead atoms. The standard InChI is InChI=1S/C23H23FN4O5/c24-18-11-14(3-6-17(18)21(25)26)27-22(31)19(30)20-23(32)28(7-8-33-20)15-4-1-12-2-5-16(29)10-13(12)9-15/h1,3-4,6,9,11,19-20,30H,2,5,7-8,10H2,(H3,25,26)(H,27,31)/t19-,20-/m1/s1. The summed E-state index contributed by atoms with van der Waals surface area (Å²) in [4.78, 5) is 38.8. The van der Waals surface area contributed by atoms with Gasteiger partial charge in [-0.1, -0.05) is 6.07 Å². The Morgan fingerprint density at radius 1 is 1.21 bits per heavy atom. The molecule has 2 aromatic carbocycles. The summed E-state index contributed by atoms with van der Waals surface area (Å²) in [6.07, 6.45) is -1.79. The summed E-state index contributed by atoms with van der Waals surface area (Å²) in [5.41, 5.74) is 7.68. The second kappa shape index (κ2) is 9.08. The SMILES string of the molecule is N=C(N)c1ccc(NC(=O)[C@H](O)[C@H]2OCCN(c3ccc4c(c3)CC(=O)CC4)C2=O)cc1F. The number of Topliss-reactive ketones (excluding diaryl/α,β-unsaturated/α-hetero) is 1. The van der Waals surface area contributed by atoms with E-state index in [2.05, 4.69) is 5.32 Å². The molecule has 10 heteroatoms. The fourth-order valence-corrected chi connectivity index (χ4v) is 4.02. The van der Waals surface area contributed by atoms with Crippen LogP contribution in [0.25, 0.3) is 0 Å². The maximum absolute atomic E-state index is 14.0. The van der Waals surface area contributed by atoms with Gasteiger partial charge in [-0.15, -0.1) is 0 Å². The molecule has 0 aromatic heterocycles. The molecule has 2 atom stereocenters. The first kappa shape index (κ1) is 22.6. The number of hydrogen-bond acceptors (Lipinski definition) is 6. The first-order chi connectivity index (χ1) is 15.7. The molecule has 1 aliphatic heterocycles. The second-order valence-corrected chi connectivity index (χ2v) is 7.99. The molecule has 172 valence electrons. The zero-order valence-electron chi connectivity index (χ0n) is 17.6. The van der Waals surface area contributed by atoms with Gasteiger partial charge in [0.25, 0.3) is 11.8 Å². The van der Waals surface area contributed by atoms with Gasteiger partial charge in [0, 0.05) is 30.8 Å². The Hall–Kier alpha value is -3.63. The number of nitrogens with one attached hydrogen (secondary N) is 2. The van der Waals surface area contributed by atoms with Crippen LogP contribution in [0, 0.1) is 11.2 Å².